The van der Waals surface area contributed by atoms with Crippen molar-refractivity contribution >= 4 is 11.9 Å². The minimum atomic E-state index is -0.305. The quantitative estimate of drug-likeness (QED) is 0.775. The van der Waals surface area contributed by atoms with Gasteiger partial charge in [0.2, 0.25) is 0 Å². The van der Waals surface area contributed by atoms with E-state index in [4.69, 9.17) is 4.74 Å². The molecule has 4 nitrogen and oxygen atoms in total. The first-order valence-electron chi connectivity index (χ1n) is 9.02. The molecule has 0 spiro atoms. The minimum Gasteiger partial charge on any atom is -0.456 e. The van der Waals surface area contributed by atoms with Crippen molar-refractivity contribution in [3.8, 4) is 0 Å². The van der Waals surface area contributed by atoms with E-state index in [0.29, 0.717) is 12.3 Å². The van der Waals surface area contributed by atoms with Crippen molar-refractivity contribution in [1.82, 2.24) is 5.32 Å². The lowest BCUT2D eigenvalue weighted by molar-refractivity contribution is -0.149. The summed E-state index contributed by atoms with van der Waals surface area (Å²) in [6.07, 6.45) is 5.93. The second-order valence-electron chi connectivity index (χ2n) is 7.12. The molecule has 1 aliphatic carbocycles. The van der Waals surface area contributed by atoms with Crippen LogP contribution in [0.1, 0.15) is 69.2 Å². The van der Waals surface area contributed by atoms with Crippen molar-refractivity contribution in [2.75, 3.05) is 6.61 Å². The van der Waals surface area contributed by atoms with Gasteiger partial charge in [-0.25, -0.2) is 0 Å². The van der Waals surface area contributed by atoms with Crippen LogP contribution in [-0.2, 0) is 27.2 Å². The van der Waals surface area contributed by atoms with Crippen LogP contribution in [0.5, 0.6) is 0 Å². The first kappa shape index (κ1) is 18.5. The second kappa shape index (κ2) is 8.86. The zero-order valence-corrected chi connectivity index (χ0v) is 15.1. The molecular weight excluding hydrogens is 302 g/mol. The number of fused-ring (bicyclic) bond motifs is 1. The van der Waals surface area contributed by atoms with Crippen LogP contribution in [0.25, 0.3) is 0 Å². The molecule has 24 heavy (non-hydrogen) atoms. The van der Waals surface area contributed by atoms with Gasteiger partial charge in [0.1, 0.15) is 0 Å². The second-order valence-corrected chi connectivity index (χ2v) is 7.12. The number of nitrogens with one attached hydrogen (secondary N) is 1. The Bertz CT molecular complexity index is 580. The first-order chi connectivity index (χ1) is 11.5. The van der Waals surface area contributed by atoms with Crippen molar-refractivity contribution in [1.29, 1.82) is 0 Å². The Morgan fingerprint density at radius 3 is 2.54 bits per heavy atom. The fourth-order valence-corrected chi connectivity index (χ4v) is 3.01. The summed E-state index contributed by atoms with van der Waals surface area (Å²) in [6, 6.07) is 6.38. The van der Waals surface area contributed by atoms with E-state index in [1.807, 2.05) is 6.92 Å². The van der Waals surface area contributed by atoms with Crippen LogP contribution >= 0.6 is 0 Å². The summed E-state index contributed by atoms with van der Waals surface area (Å²) in [5.74, 6) is -0.103. The molecule has 0 fully saturated rings. The molecular formula is C20H29NO3. The maximum atomic E-state index is 12.0. The van der Waals surface area contributed by atoms with Crippen molar-refractivity contribution < 1.29 is 14.3 Å². The number of hydrogen-bond donors (Lipinski definition) is 1. The van der Waals surface area contributed by atoms with E-state index in [-0.39, 0.29) is 24.5 Å². The number of ether oxygens (including phenoxy) is 1. The number of benzene rings is 1. The van der Waals surface area contributed by atoms with Gasteiger partial charge >= 0.3 is 5.97 Å². The summed E-state index contributed by atoms with van der Waals surface area (Å²) in [7, 11) is 0. The predicted molar refractivity (Wildman–Crippen MR) is 94.7 cm³/mol. The molecule has 0 aromatic heterocycles. The Morgan fingerprint density at radius 1 is 1.12 bits per heavy atom. The van der Waals surface area contributed by atoms with Crippen molar-refractivity contribution in [3.05, 3.63) is 34.9 Å². The smallest absolute Gasteiger partial charge is 0.306 e. The topological polar surface area (TPSA) is 55.4 Å². The highest BCUT2D eigenvalue weighted by molar-refractivity contribution is 5.80. The summed E-state index contributed by atoms with van der Waals surface area (Å²) in [4.78, 5) is 23.5. The molecule has 0 saturated carbocycles. The fourth-order valence-electron chi connectivity index (χ4n) is 3.01. The van der Waals surface area contributed by atoms with Gasteiger partial charge in [0.25, 0.3) is 5.91 Å². The largest absolute Gasteiger partial charge is 0.456 e. The van der Waals surface area contributed by atoms with Crippen molar-refractivity contribution in [2.24, 2.45) is 5.92 Å². The van der Waals surface area contributed by atoms with Gasteiger partial charge in [-0.15, -0.1) is 0 Å². The van der Waals surface area contributed by atoms with Crippen LogP contribution in [0.2, 0.25) is 0 Å². The molecule has 4 heteroatoms. The molecule has 1 aromatic carbocycles. The van der Waals surface area contributed by atoms with E-state index in [1.165, 1.54) is 24.0 Å². The van der Waals surface area contributed by atoms with Crippen molar-refractivity contribution in [3.63, 3.8) is 0 Å². The number of amides is 1. The van der Waals surface area contributed by atoms with Gasteiger partial charge in [-0.2, -0.15) is 0 Å². The number of hydrogen-bond acceptors (Lipinski definition) is 3. The fraction of sp³-hybridized carbons (Fsp3) is 0.600. The van der Waals surface area contributed by atoms with Crippen LogP contribution in [-0.4, -0.2) is 18.5 Å². The van der Waals surface area contributed by atoms with Crippen LogP contribution in [0.15, 0.2) is 18.2 Å². The molecule has 1 aromatic rings. The Kier molecular flexibility index (Phi) is 6.83. The van der Waals surface area contributed by atoms with Gasteiger partial charge in [-0.05, 0) is 61.6 Å². The molecule has 1 unspecified atom stereocenters. The maximum Gasteiger partial charge on any atom is 0.306 e. The Hall–Kier alpha value is -1.84. The molecule has 1 aliphatic rings. The molecule has 1 atom stereocenters. The van der Waals surface area contributed by atoms with Gasteiger partial charge in [-0.1, -0.05) is 32.0 Å². The average molecular weight is 331 g/mol. The standard InChI is InChI=1S/C20H29NO3/c1-14(2)8-11-20(23)24-13-19(22)21-15(3)17-10-9-16-6-4-5-7-18(16)12-17/h9-10,12,14-15H,4-8,11,13H2,1-3H3,(H,21,22). The van der Waals surface area contributed by atoms with E-state index in [2.05, 4.69) is 37.4 Å². The van der Waals surface area contributed by atoms with Gasteiger partial charge in [-0.3, -0.25) is 9.59 Å². The van der Waals surface area contributed by atoms with E-state index in [9.17, 15) is 9.59 Å². The van der Waals surface area contributed by atoms with Crippen LogP contribution < -0.4 is 5.32 Å². The SMILES string of the molecule is CC(C)CCC(=O)OCC(=O)NC(C)c1ccc2c(c1)CCCC2. The number of rotatable bonds is 7. The lowest BCUT2D eigenvalue weighted by Crippen LogP contribution is -2.31. The lowest BCUT2D eigenvalue weighted by Gasteiger charge is -2.20. The zero-order chi connectivity index (χ0) is 17.5. The molecule has 1 amide bonds. The summed E-state index contributed by atoms with van der Waals surface area (Å²) in [6.45, 7) is 5.87. The van der Waals surface area contributed by atoms with Crippen LogP contribution in [0.3, 0.4) is 0 Å². The highest BCUT2D eigenvalue weighted by Crippen LogP contribution is 2.24. The van der Waals surface area contributed by atoms with Crippen molar-refractivity contribution in [2.45, 2.75) is 65.3 Å². The summed E-state index contributed by atoms with van der Waals surface area (Å²) in [5.41, 5.74) is 3.94. The highest BCUT2D eigenvalue weighted by atomic mass is 16.5. The molecule has 2 rings (SSSR count). The van der Waals surface area contributed by atoms with E-state index in [1.54, 1.807) is 0 Å². The first-order valence-corrected chi connectivity index (χ1v) is 9.02. The third kappa shape index (κ3) is 5.66. The molecule has 0 aliphatic heterocycles. The summed E-state index contributed by atoms with van der Waals surface area (Å²) >= 11 is 0. The lowest BCUT2D eigenvalue weighted by atomic mass is 9.89. The minimum absolute atomic E-state index is 0.0842. The molecule has 0 saturated heterocycles. The average Bonchev–Trinajstić information content (AvgIpc) is 2.57. The Balaban J connectivity index is 1.80. The number of carbonyl (C=O) groups excluding carboxylic acids is 2. The molecule has 0 heterocycles. The van der Waals surface area contributed by atoms with Crippen LogP contribution in [0.4, 0.5) is 0 Å². The predicted octanol–water partition coefficient (Wildman–Crippen LogP) is 3.72. The van der Waals surface area contributed by atoms with Gasteiger partial charge < -0.3 is 10.1 Å². The highest BCUT2D eigenvalue weighted by Gasteiger charge is 2.15. The zero-order valence-electron chi connectivity index (χ0n) is 15.1. The third-order valence-electron chi connectivity index (χ3n) is 4.54. The Morgan fingerprint density at radius 2 is 1.83 bits per heavy atom. The number of aryl methyl sites for hydroxylation is 2. The van der Waals surface area contributed by atoms with E-state index in [0.717, 1.165) is 24.8 Å². The molecule has 132 valence electrons. The number of carbonyl (C=O) groups is 2. The molecule has 1 N–H and O–H groups in total. The normalized spacial score (nSPS) is 14.8. The van der Waals surface area contributed by atoms with Gasteiger partial charge in [0, 0.05) is 6.42 Å². The van der Waals surface area contributed by atoms with Gasteiger partial charge in [0.15, 0.2) is 6.61 Å². The monoisotopic (exact) mass is 331 g/mol. The third-order valence-corrected chi connectivity index (χ3v) is 4.54. The van der Waals surface area contributed by atoms with E-state index < -0.39 is 0 Å². The Labute approximate surface area is 145 Å². The molecule has 0 radical (unpaired) electrons. The molecule has 0 bridgehead atoms. The van der Waals surface area contributed by atoms with Crippen LogP contribution in [0, 0.1) is 5.92 Å². The maximum absolute atomic E-state index is 12.0. The summed E-state index contributed by atoms with van der Waals surface area (Å²) < 4.78 is 5.03. The summed E-state index contributed by atoms with van der Waals surface area (Å²) in [5, 5.41) is 2.91. The van der Waals surface area contributed by atoms with Gasteiger partial charge in [0.05, 0.1) is 6.04 Å². The van der Waals surface area contributed by atoms with E-state index >= 15 is 0 Å². The number of esters is 1.